The number of hydrogen-bond acceptors (Lipinski definition) is 2. The highest BCUT2D eigenvalue weighted by molar-refractivity contribution is 9.10. The van der Waals surface area contributed by atoms with Crippen molar-refractivity contribution in [3.63, 3.8) is 0 Å². The first-order valence-electron chi connectivity index (χ1n) is 5.35. The fraction of sp³-hybridized carbons (Fsp3) is 0.417. The zero-order valence-electron chi connectivity index (χ0n) is 9.07. The summed E-state index contributed by atoms with van der Waals surface area (Å²) in [5.41, 5.74) is 0.818. The number of carbonyl (C=O) groups excluding carboxylic acids is 1. The maximum atomic E-state index is 11.9. The Kier molecular flexibility index (Phi) is 3.61. The molecule has 0 radical (unpaired) electrons. The van der Waals surface area contributed by atoms with Gasteiger partial charge in [-0.3, -0.25) is 4.79 Å². The van der Waals surface area contributed by atoms with Crippen LogP contribution in [-0.2, 0) is 9.53 Å². The minimum Gasteiger partial charge on any atom is -0.378 e. The van der Waals surface area contributed by atoms with Gasteiger partial charge in [-0.25, -0.2) is 0 Å². The summed E-state index contributed by atoms with van der Waals surface area (Å²) in [5.74, 6) is 0.0158. The maximum absolute atomic E-state index is 11.9. The van der Waals surface area contributed by atoms with E-state index in [2.05, 4.69) is 21.2 Å². The minimum absolute atomic E-state index is 0.0205. The number of amides is 1. The third-order valence-electron chi connectivity index (χ3n) is 2.81. The first-order chi connectivity index (χ1) is 7.66. The van der Waals surface area contributed by atoms with Crippen LogP contribution in [0.5, 0.6) is 0 Å². The van der Waals surface area contributed by atoms with Gasteiger partial charge in [-0.15, -0.1) is 0 Å². The number of benzene rings is 1. The van der Waals surface area contributed by atoms with Gasteiger partial charge >= 0.3 is 0 Å². The number of anilines is 1. The van der Waals surface area contributed by atoms with E-state index in [4.69, 9.17) is 4.74 Å². The monoisotopic (exact) mass is 283 g/mol. The Morgan fingerprint density at radius 1 is 1.56 bits per heavy atom. The van der Waals surface area contributed by atoms with Gasteiger partial charge in [0.05, 0.1) is 12.0 Å². The summed E-state index contributed by atoms with van der Waals surface area (Å²) < 4.78 is 6.34. The van der Waals surface area contributed by atoms with Gasteiger partial charge in [-0.05, 0) is 31.5 Å². The molecule has 0 saturated carbocycles. The number of hydrogen-bond donors (Lipinski definition) is 1. The van der Waals surface area contributed by atoms with E-state index in [1.807, 2.05) is 31.2 Å². The van der Waals surface area contributed by atoms with E-state index in [1.54, 1.807) is 0 Å². The topological polar surface area (TPSA) is 38.3 Å². The fourth-order valence-corrected chi connectivity index (χ4v) is 2.28. The quantitative estimate of drug-likeness (QED) is 0.907. The van der Waals surface area contributed by atoms with Crippen molar-refractivity contribution in [2.45, 2.75) is 19.4 Å². The molecule has 1 amide bonds. The predicted octanol–water partition coefficient (Wildman–Crippen LogP) is 2.81. The lowest BCUT2D eigenvalue weighted by Gasteiger charge is -2.14. The number of nitrogens with one attached hydrogen (secondary N) is 1. The third kappa shape index (κ3) is 2.62. The summed E-state index contributed by atoms with van der Waals surface area (Å²) in [6, 6.07) is 7.59. The zero-order chi connectivity index (χ0) is 11.5. The van der Waals surface area contributed by atoms with Gasteiger partial charge < -0.3 is 10.1 Å². The summed E-state index contributed by atoms with van der Waals surface area (Å²) >= 11 is 3.37. The van der Waals surface area contributed by atoms with Crippen LogP contribution in [0.2, 0.25) is 0 Å². The van der Waals surface area contributed by atoms with Gasteiger partial charge in [-0.1, -0.05) is 22.0 Å². The molecule has 1 saturated heterocycles. The largest absolute Gasteiger partial charge is 0.378 e. The molecule has 2 rings (SSSR count). The van der Waals surface area contributed by atoms with E-state index in [9.17, 15) is 4.79 Å². The molecule has 16 heavy (non-hydrogen) atoms. The van der Waals surface area contributed by atoms with Crippen molar-refractivity contribution in [1.82, 2.24) is 0 Å². The van der Waals surface area contributed by atoms with Crippen molar-refractivity contribution in [2.24, 2.45) is 5.92 Å². The highest BCUT2D eigenvalue weighted by Crippen LogP contribution is 2.23. The van der Waals surface area contributed by atoms with E-state index >= 15 is 0 Å². The molecule has 1 aliphatic heterocycles. The smallest absolute Gasteiger partial charge is 0.230 e. The van der Waals surface area contributed by atoms with E-state index in [0.29, 0.717) is 6.61 Å². The second kappa shape index (κ2) is 4.97. The van der Waals surface area contributed by atoms with Crippen LogP contribution in [0.25, 0.3) is 0 Å². The van der Waals surface area contributed by atoms with Gasteiger partial charge in [0, 0.05) is 16.8 Å². The number of ether oxygens (including phenoxy) is 1. The summed E-state index contributed by atoms with van der Waals surface area (Å²) in [6.45, 7) is 2.62. The Hall–Kier alpha value is -0.870. The van der Waals surface area contributed by atoms with Crippen molar-refractivity contribution >= 4 is 27.5 Å². The molecule has 0 aromatic heterocycles. The second-order valence-electron chi connectivity index (χ2n) is 3.97. The number of carbonyl (C=O) groups is 1. The van der Waals surface area contributed by atoms with Crippen LogP contribution in [0.1, 0.15) is 13.3 Å². The first-order valence-corrected chi connectivity index (χ1v) is 6.14. The first kappa shape index (κ1) is 11.6. The van der Waals surface area contributed by atoms with Gasteiger partial charge in [-0.2, -0.15) is 0 Å². The van der Waals surface area contributed by atoms with Crippen molar-refractivity contribution in [1.29, 1.82) is 0 Å². The third-order valence-corrected chi connectivity index (χ3v) is 3.30. The average molecular weight is 284 g/mol. The van der Waals surface area contributed by atoms with Gasteiger partial charge in [0.25, 0.3) is 0 Å². The standard InChI is InChI=1S/C12H14BrNO2/c1-8-11(5-6-16-8)12(15)14-10-4-2-3-9(13)7-10/h2-4,7-8,11H,5-6H2,1H3,(H,14,15). The summed E-state index contributed by atoms with van der Waals surface area (Å²) in [5, 5.41) is 2.91. The summed E-state index contributed by atoms with van der Waals surface area (Å²) in [4.78, 5) is 11.9. The van der Waals surface area contributed by atoms with Crippen LogP contribution in [0, 0.1) is 5.92 Å². The van der Waals surface area contributed by atoms with Crippen LogP contribution in [-0.4, -0.2) is 18.6 Å². The lowest BCUT2D eigenvalue weighted by Crippen LogP contribution is -2.27. The van der Waals surface area contributed by atoms with Crippen LogP contribution < -0.4 is 5.32 Å². The molecule has 1 aromatic carbocycles. The average Bonchev–Trinajstić information content (AvgIpc) is 2.64. The summed E-state index contributed by atoms with van der Waals surface area (Å²) in [6.07, 6.45) is 0.827. The molecule has 1 fully saturated rings. The molecular weight excluding hydrogens is 270 g/mol. The van der Waals surface area contributed by atoms with Crippen molar-refractivity contribution in [3.05, 3.63) is 28.7 Å². The van der Waals surface area contributed by atoms with Crippen molar-refractivity contribution in [3.8, 4) is 0 Å². The minimum atomic E-state index is -0.0287. The Morgan fingerprint density at radius 2 is 2.38 bits per heavy atom. The van der Waals surface area contributed by atoms with Gasteiger partial charge in [0.1, 0.15) is 0 Å². The van der Waals surface area contributed by atoms with E-state index in [0.717, 1.165) is 16.6 Å². The molecule has 1 heterocycles. The Morgan fingerprint density at radius 3 is 3.00 bits per heavy atom. The predicted molar refractivity (Wildman–Crippen MR) is 66.3 cm³/mol. The summed E-state index contributed by atoms with van der Waals surface area (Å²) in [7, 11) is 0. The Balaban J connectivity index is 2.02. The molecule has 0 spiro atoms. The van der Waals surface area contributed by atoms with Crippen LogP contribution in [0.3, 0.4) is 0 Å². The molecule has 0 bridgehead atoms. The lowest BCUT2D eigenvalue weighted by atomic mass is 10.0. The van der Waals surface area contributed by atoms with Crippen molar-refractivity contribution in [2.75, 3.05) is 11.9 Å². The van der Waals surface area contributed by atoms with Crippen molar-refractivity contribution < 1.29 is 9.53 Å². The van der Waals surface area contributed by atoms with Crippen LogP contribution in [0.4, 0.5) is 5.69 Å². The lowest BCUT2D eigenvalue weighted by molar-refractivity contribution is -0.121. The fourth-order valence-electron chi connectivity index (χ4n) is 1.88. The number of rotatable bonds is 2. The van der Waals surface area contributed by atoms with Gasteiger partial charge in [0.15, 0.2) is 0 Å². The number of halogens is 1. The van der Waals surface area contributed by atoms with E-state index in [1.165, 1.54) is 0 Å². The Bertz CT molecular complexity index is 394. The maximum Gasteiger partial charge on any atom is 0.230 e. The normalized spacial score (nSPS) is 24.4. The second-order valence-corrected chi connectivity index (χ2v) is 4.89. The molecule has 3 nitrogen and oxygen atoms in total. The van der Waals surface area contributed by atoms with E-state index < -0.39 is 0 Å². The molecule has 86 valence electrons. The van der Waals surface area contributed by atoms with Gasteiger partial charge in [0.2, 0.25) is 5.91 Å². The SMILES string of the molecule is CC1OCCC1C(=O)Nc1cccc(Br)c1. The van der Waals surface area contributed by atoms with Crippen LogP contribution >= 0.6 is 15.9 Å². The Labute approximate surface area is 103 Å². The highest BCUT2D eigenvalue weighted by Gasteiger charge is 2.30. The highest BCUT2D eigenvalue weighted by atomic mass is 79.9. The molecule has 1 N–H and O–H groups in total. The van der Waals surface area contributed by atoms with Crippen LogP contribution in [0.15, 0.2) is 28.7 Å². The molecular formula is C12H14BrNO2. The molecule has 1 aromatic rings. The molecule has 1 aliphatic rings. The molecule has 2 unspecified atom stereocenters. The zero-order valence-corrected chi connectivity index (χ0v) is 10.7. The molecule has 2 atom stereocenters. The molecule has 4 heteroatoms. The molecule has 0 aliphatic carbocycles. The van der Waals surface area contributed by atoms with E-state index in [-0.39, 0.29) is 17.9 Å².